The molecule has 2 rings (SSSR count). The first-order valence-electron chi connectivity index (χ1n) is 6.53. The van der Waals surface area contributed by atoms with E-state index in [1.807, 2.05) is 0 Å². The molecule has 0 bridgehead atoms. The van der Waals surface area contributed by atoms with Crippen molar-refractivity contribution in [2.24, 2.45) is 0 Å². The second-order valence-electron chi connectivity index (χ2n) is 5.20. The van der Waals surface area contributed by atoms with E-state index in [0.717, 1.165) is 19.3 Å². The Morgan fingerprint density at radius 1 is 1.50 bits per heavy atom. The third-order valence-corrected chi connectivity index (χ3v) is 3.88. The van der Waals surface area contributed by atoms with E-state index in [1.165, 1.54) is 11.0 Å². The number of likely N-dealkylation sites (N-methyl/N-ethyl adjacent to an activating group) is 1. The predicted octanol–water partition coefficient (Wildman–Crippen LogP) is 1.81. The highest BCUT2D eigenvalue weighted by molar-refractivity contribution is 5.89. The SMILES string of the molecule is COC1(C(=O)N(C)Cc2cc(C(=O)O)c(C)o2)CCC1. The van der Waals surface area contributed by atoms with Crippen molar-refractivity contribution in [2.75, 3.05) is 14.2 Å². The molecule has 0 unspecified atom stereocenters. The van der Waals surface area contributed by atoms with Gasteiger partial charge in [-0.2, -0.15) is 0 Å². The molecule has 1 saturated carbocycles. The summed E-state index contributed by atoms with van der Waals surface area (Å²) < 4.78 is 10.7. The number of nitrogens with zero attached hydrogens (tertiary/aromatic N) is 1. The zero-order chi connectivity index (χ0) is 14.9. The van der Waals surface area contributed by atoms with Gasteiger partial charge in [0.25, 0.3) is 5.91 Å². The van der Waals surface area contributed by atoms with Crippen LogP contribution in [0.2, 0.25) is 0 Å². The first kappa shape index (κ1) is 14.6. The first-order chi connectivity index (χ1) is 9.39. The van der Waals surface area contributed by atoms with E-state index in [0.29, 0.717) is 11.5 Å². The summed E-state index contributed by atoms with van der Waals surface area (Å²) >= 11 is 0. The van der Waals surface area contributed by atoms with Crippen LogP contribution in [0.15, 0.2) is 10.5 Å². The summed E-state index contributed by atoms with van der Waals surface area (Å²) in [6.45, 7) is 1.83. The van der Waals surface area contributed by atoms with Crippen LogP contribution < -0.4 is 0 Å². The molecule has 1 fully saturated rings. The number of carbonyl (C=O) groups excluding carboxylic acids is 1. The number of aryl methyl sites for hydroxylation is 1. The average molecular weight is 281 g/mol. The summed E-state index contributed by atoms with van der Waals surface area (Å²) in [5.41, 5.74) is -0.572. The molecule has 1 aromatic heterocycles. The van der Waals surface area contributed by atoms with Crippen molar-refractivity contribution < 1.29 is 23.8 Å². The summed E-state index contributed by atoms with van der Waals surface area (Å²) in [5, 5.41) is 8.98. The number of methoxy groups -OCH3 is 1. The first-order valence-corrected chi connectivity index (χ1v) is 6.53. The number of rotatable bonds is 5. The molecular weight excluding hydrogens is 262 g/mol. The number of carbonyl (C=O) groups is 2. The maximum absolute atomic E-state index is 12.4. The number of carboxylic acids is 1. The molecule has 1 aromatic rings. The molecule has 1 N–H and O–H groups in total. The smallest absolute Gasteiger partial charge is 0.339 e. The Hall–Kier alpha value is -1.82. The Bertz CT molecular complexity index is 524. The summed E-state index contributed by atoms with van der Waals surface area (Å²) in [4.78, 5) is 24.8. The van der Waals surface area contributed by atoms with Crippen LogP contribution in [-0.2, 0) is 16.1 Å². The second-order valence-corrected chi connectivity index (χ2v) is 5.20. The van der Waals surface area contributed by atoms with E-state index >= 15 is 0 Å². The van der Waals surface area contributed by atoms with Crippen molar-refractivity contribution in [3.63, 3.8) is 0 Å². The van der Waals surface area contributed by atoms with E-state index in [4.69, 9.17) is 14.3 Å². The molecule has 6 nitrogen and oxygen atoms in total. The van der Waals surface area contributed by atoms with Crippen LogP contribution in [0.3, 0.4) is 0 Å². The molecule has 1 aliphatic rings. The molecule has 6 heteroatoms. The van der Waals surface area contributed by atoms with Crippen LogP contribution in [0.1, 0.15) is 41.1 Å². The van der Waals surface area contributed by atoms with Gasteiger partial charge in [0.1, 0.15) is 22.7 Å². The van der Waals surface area contributed by atoms with Gasteiger partial charge in [-0.3, -0.25) is 4.79 Å². The fourth-order valence-corrected chi connectivity index (χ4v) is 2.49. The maximum atomic E-state index is 12.4. The lowest BCUT2D eigenvalue weighted by Crippen LogP contribution is -2.53. The monoisotopic (exact) mass is 281 g/mol. The Labute approximate surface area is 117 Å². The standard InChI is InChI=1S/C14H19NO5/c1-9-11(12(16)17)7-10(20-9)8-15(2)13(18)14(19-3)5-4-6-14/h7H,4-6,8H2,1-3H3,(H,16,17). The topological polar surface area (TPSA) is 80.0 Å². The van der Waals surface area contributed by atoms with Gasteiger partial charge < -0.3 is 19.2 Å². The van der Waals surface area contributed by atoms with Gasteiger partial charge in [-0.25, -0.2) is 4.79 Å². The van der Waals surface area contributed by atoms with Crippen molar-refractivity contribution in [1.82, 2.24) is 4.90 Å². The van der Waals surface area contributed by atoms with Crippen LogP contribution in [0.25, 0.3) is 0 Å². The molecule has 1 aliphatic carbocycles. The number of hydrogen-bond acceptors (Lipinski definition) is 4. The van der Waals surface area contributed by atoms with Crippen LogP contribution >= 0.6 is 0 Å². The fraction of sp³-hybridized carbons (Fsp3) is 0.571. The fourth-order valence-electron chi connectivity index (χ4n) is 2.49. The van der Waals surface area contributed by atoms with E-state index in [9.17, 15) is 9.59 Å². The van der Waals surface area contributed by atoms with E-state index < -0.39 is 11.6 Å². The average Bonchev–Trinajstić information content (AvgIpc) is 2.69. The Morgan fingerprint density at radius 2 is 2.15 bits per heavy atom. The number of furan rings is 1. The Balaban J connectivity index is 2.08. The number of hydrogen-bond donors (Lipinski definition) is 1. The van der Waals surface area contributed by atoms with Gasteiger partial charge in [0, 0.05) is 14.2 Å². The Kier molecular flexibility index (Phi) is 3.85. The lowest BCUT2D eigenvalue weighted by Gasteiger charge is -2.41. The normalized spacial score (nSPS) is 16.6. The van der Waals surface area contributed by atoms with Crippen LogP contribution in [-0.4, -0.2) is 41.6 Å². The van der Waals surface area contributed by atoms with Gasteiger partial charge in [0.15, 0.2) is 0 Å². The molecule has 110 valence electrons. The minimum atomic E-state index is -1.03. The quantitative estimate of drug-likeness (QED) is 0.890. The summed E-state index contributed by atoms with van der Waals surface area (Å²) in [5.74, 6) is -0.309. The van der Waals surface area contributed by atoms with Gasteiger partial charge in [0.2, 0.25) is 0 Å². The van der Waals surface area contributed by atoms with Crippen molar-refractivity contribution >= 4 is 11.9 Å². The zero-order valence-electron chi connectivity index (χ0n) is 11.9. The molecule has 20 heavy (non-hydrogen) atoms. The lowest BCUT2D eigenvalue weighted by molar-refractivity contribution is -0.165. The van der Waals surface area contributed by atoms with Crippen LogP contribution in [0.5, 0.6) is 0 Å². The molecule has 0 spiro atoms. The number of ether oxygens (including phenoxy) is 1. The third kappa shape index (κ3) is 2.43. The molecule has 0 radical (unpaired) electrons. The number of aromatic carboxylic acids is 1. The molecule has 0 atom stereocenters. The minimum Gasteiger partial charge on any atom is -0.478 e. The third-order valence-electron chi connectivity index (χ3n) is 3.88. The summed E-state index contributed by atoms with van der Waals surface area (Å²) in [7, 11) is 3.21. The van der Waals surface area contributed by atoms with E-state index in [1.54, 1.807) is 21.1 Å². The summed E-state index contributed by atoms with van der Waals surface area (Å²) in [6.07, 6.45) is 2.44. The van der Waals surface area contributed by atoms with Crippen molar-refractivity contribution in [3.05, 3.63) is 23.2 Å². The van der Waals surface area contributed by atoms with Gasteiger partial charge in [-0.05, 0) is 32.3 Å². The van der Waals surface area contributed by atoms with Gasteiger partial charge in [0.05, 0.1) is 6.54 Å². The van der Waals surface area contributed by atoms with Crippen molar-refractivity contribution in [3.8, 4) is 0 Å². The van der Waals surface area contributed by atoms with E-state index in [-0.39, 0.29) is 18.0 Å². The largest absolute Gasteiger partial charge is 0.478 e. The molecule has 0 saturated heterocycles. The highest BCUT2D eigenvalue weighted by Crippen LogP contribution is 2.36. The molecule has 0 aromatic carbocycles. The second kappa shape index (κ2) is 5.28. The summed E-state index contributed by atoms with van der Waals surface area (Å²) in [6, 6.07) is 1.46. The van der Waals surface area contributed by atoms with Crippen LogP contribution in [0, 0.1) is 6.92 Å². The highest BCUT2D eigenvalue weighted by atomic mass is 16.5. The molecule has 1 amide bonds. The predicted molar refractivity (Wildman–Crippen MR) is 70.5 cm³/mol. The molecule has 0 aliphatic heterocycles. The highest BCUT2D eigenvalue weighted by Gasteiger charge is 2.46. The number of carboxylic acid groups (broad SMARTS) is 1. The van der Waals surface area contributed by atoms with Crippen LogP contribution in [0.4, 0.5) is 0 Å². The zero-order valence-corrected chi connectivity index (χ0v) is 11.9. The van der Waals surface area contributed by atoms with Gasteiger partial charge in [-0.15, -0.1) is 0 Å². The maximum Gasteiger partial charge on any atom is 0.339 e. The van der Waals surface area contributed by atoms with E-state index in [2.05, 4.69) is 0 Å². The van der Waals surface area contributed by atoms with Gasteiger partial charge in [-0.1, -0.05) is 0 Å². The van der Waals surface area contributed by atoms with Gasteiger partial charge >= 0.3 is 5.97 Å². The van der Waals surface area contributed by atoms with Crippen molar-refractivity contribution in [2.45, 2.75) is 38.3 Å². The molecular formula is C14H19NO5. The van der Waals surface area contributed by atoms with Crippen molar-refractivity contribution in [1.29, 1.82) is 0 Å². The Morgan fingerprint density at radius 3 is 2.55 bits per heavy atom. The minimum absolute atomic E-state index is 0.0859. The molecule has 1 heterocycles. The lowest BCUT2D eigenvalue weighted by atomic mass is 9.79. The number of amides is 1.